The first-order valence-electron chi connectivity index (χ1n) is 12.1. The minimum atomic E-state index is -0.788. The van der Waals surface area contributed by atoms with Gasteiger partial charge in [0.1, 0.15) is 17.3 Å². The highest BCUT2D eigenvalue weighted by atomic mass is 35.5. The van der Waals surface area contributed by atoms with Crippen LogP contribution in [0.25, 0.3) is 17.4 Å². The second-order valence-corrected chi connectivity index (χ2v) is 10.1. The number of esters is 2. The summed E-state index contributed by atoms with van der Waals surface area (Å²) in [4.78, 5) is 43.1. The molecule has 198 valence electrons. The Morgan fingerprint density at radius 2 is 1.87 bits per heavy atom. The molecule has 5 rings (SSSR count). The molecule has 0 unspecified atom stereocenters. The summed E-state index contributed by atoms with van der Waals surface area (Å²) in [6.45, 7) is 4.91. The summed E-state index contributed by atoms with van der Waals surface area (Å²) in [6, 6.07) is 16.7. The average Bonchev–Trinajstić information content (AvgIpc) is 3.48. The smallest absolute Gasteiger partial charge is 0.338 e. The van der Waals surface area contributed by atoms with Crippen molar-refractivity contribution < 1.29 is 23.5 Å². The third-order valence-corrected chi connectivity index (χ3v) is 7.33. The molecular formula is C29H23ClN2O6S. The summed E-state index contributed by atoms with van der Waals surface area (Å²) >= 11 is 7.50. The lowest BCUT2D eigenvalue weighted by molar-refractivity contribution is -0.139. The van der Waals surface area contributed by atoms with E-state index in [-0.39, 0.29) is 17.7 Å². The van der Waals surface area contributed by atoms with Gasteiger partial charge in [0.25, 0.3) is 5.56 Å². The first kappa shape index (κ1) is 26.4. The van der Waals surface area contributed by atoms with Gasteiger partial charge in [-0.2, -0.15) is 0 Å². The summed E-state index contributed by atoms with van der Waals surface area (Å²) in [6.07, 6.45) is 1.65. The van der Waals surface area contributed by atoms with Crippen LogP contribution in [0.2, 0.25) is 5.02 Å². The zero-order valence-corrected chi connectivity index (χ0v) is 22.8. The van der Waals surface area contributed by atoms with Crippen molar-refractivity contribution in [1.82, 2.24) is 4.57 Å². The first-order chi connectivity index (χ1) is 18.8. The van der Waals surface area contributed by atoms with Gasteiger partial charge in [-0.1, -0.05) is 47.2 Å². The van der Waals surface area contributed by atoms with Gasteiger partial charge in [0.05, 0.1) is 33.5 Å². The van der Waals surface area contributed by atoms with Crippen molar-refractivity contribution in [3.05, 3.63) is 108 Å². The maximum atomic E-state index is 13.8. The first-order valence-corrected chi connectivity index (χ1v) is 13.3. The van der Waals surface area contributed by atoms with Crippen LogP contribution in [0.4, 0.5) is 0 Å². The van der Waals surface area contributed by atoms with Crippen LogP contribution in [-0.4, -0.2) is 23.1 Å². The van der Waals surface area contributed by atoms with Crippen LogP contribution in [0.3, 0.4) is 0 Å². The Balaban J connectivity index is 1.62. The number of aromatic nitrogens is 1. The quantitative estimate of drug-likeness (QED) is 0.251. The van der Waals surface area contributed by atoms with E-state index >= 15 is 0 Å². The summed E-state index contributed by atoms with van der Waals surface area (Å²) in [7, 11) is 0. The molecule has 2 aromatic heterocycles. The highest BCUT2D eigenvalue weighted by Gasteiger charge is 2.33. The van der Waals surface area contributed by atoms with Crippen molar-refractivity contribution in [1.29, 1.82) is 0 Å². The van der Waals surface area contributed by atoms with Gasteiger partial charge in [-0.05, 0) is 55.8 Å². The number of thiazole rings is 1. The van der Waals surface area contributed by atoms with Gasteiger partial charge >= 0.3 is 11.9 Å². The third-order valence-electron chi connectivity index (χ3n) is 6.01. The fourth-order valence-corrected chi connectivity index (χ4v) is 5.61. The van der Waals surface area contributed by atoms with Crippen molar-refractivity contribution in [3.8, 4) is 17.1 Å². The second-order valence-electron chi connectivity index (χ2n) is 8.65. The van der Waals surface area contributed by atoms with Gasteiger partial charge in [-0.15, -0.1) is 0 Å². The number of fused-ring (bicyclic) bond motifs is 1. The number of rotatable bonds is 6. The van der Waals surface area contributed by atoms with E-state index in [0.717, 1.165) is 5.56 Å². The van der Waals surface area contributed by atoms with Gasteiger partial charge in [0.2, 0.25) is 0 Å². The lowest BCUT2D eigenvalue weighted by Gasteiger charge is -2.24. The van der Waals surface area contributed by atoms with E-state index in [1.165, 1.54) is 22.8 Å². The highest BCUT2D eigenvalue weighted by molar-refractivity contribution is 7.07. The lowest BCUT2D eigenvalue weighted by Crippen LogP contribution is -2.39. The molecule has 39 heavy (non-hydrogen) atoms. The number of hydrogen-bond acceptors (Lipinski definition) is 8. The minimum absolute atomic E-state index is 0.171. The summed E-state index contributed by atoms with van der Waals surface area (Å²) in [5, 5.41) is 0.555. The number of allylic oxidation sites excluding steroid dienone is 1. The van der Waals surface area contributed by atoms with Crippen molar-refractivity contribution in [2.45, 2.75) is 26.8 Å². The zero-order valence-electron chi connectivity index (χ0n) is 21.3. The van der Waals surface area contributed by atoms with Crippen molar-refractivity contribution in [2.24, 2.45) is 4.99 Å². The van der Waals surface area contributed by atoms with Crippen LogP contribution in [0.1, 0.15) is 38.1 Å². The van der Waals surface area contributed by atoms with Gasteiger partial charge in [0.15, 0.2) is 4.80 Å². The van der Waals surface area contributed by atoms with Gasteiger partial charge in [-0.3, -0.25) is 14.2 Å². The zero-order chi connectivity index (χ0) is 27.7. The normalized spacial score (nSPS) is 15.1. The predicted octanol–water partition coefficient (Wildman–Crippen LogP) is 4.64. The molecule has 0 spiro atoms. The number of halogens is 1. The Hall–Kier alpha value is -4.21. The Bertz CT molecular complexity index is 1800. The highest BCUT2D eigenvalue weighted by Crippen LogP contribution is 2.32. The molecule has 8 nitrogen and oxygen atoms in total. The van der Waals surface area contributed by atoms with Crippen LogP contribution in [0.15, 0.2) is 86.1 Å². The molecule has 0 saturated heterocycles. The van der Waals surface area contributed by atoms with Gasteiger partial charge in [0, 0.05) is 18.6 Å². The molecular weight excluding hydrogens is 540 g/mol. The predicted molar refractivity (Wildman–Crippen MR) is 147 cm³/mol. The summed E-state index contributed by atoms with van der Waals surface area (Å²) in [5.74, 6) is 0.389. The molecule has 0 bridgehead atoms. The van der Waals surface area contributed by atoms with Crippen LogP contribution in [-0.2, 0) is 14.3 Å². The van der Waals surface area contributed by atoms with Crippen LogP contribution >= 0.6 is 22.9 Å². The van der Waals surface area contributed by atoms with E-state index in [9.17, 15) is 14.4 Å². The Kier molecular flexibility index (Phi) is 7.36. The van der Waals surface area contributed by atoms with E-state index in [0.29, 0.717) is 42.9 Å². The number of benzene rings is 2. The molecule has 1 aliphatic rings. The maximum Gasteiger partial charge on any atom is 0.338 e. The number of ether oxygens (including phenoxy) is 2. The Morgan fingerprint density at radius 1 is 1.13 bits per heavy atom. The Morgan fingerprint density at radius 3 is 2.56 bits per heavy atom. The van der Waals surface area contributed by atoms with E-state index in [4.69, 9.17) is 25.5 Å². The number of nitrogens with zero attached hydrogens (tertiary/aromatic N) is 2. The number of carbonyl (C=O) groups excluding carboxylic acids is 2. The second kappa shape index (κ2) is 10.9. The molecule has 0 aliphatic carbocycles. The van der Waals surface area contributed by atoms with Crippen molar-refractivity contribution in [3.63, 3.8) is 0 Å². The SMILES string of the molecule is CCOC(=O)C1=C(C)N=c2s/c(=C/c3ccc(-c4ccccc4Cl)o3)c(=O)n2[C@@H]1c1ccc(OC(C)=O)cc1. The molecule has 3 heterocycles. The largest absolute Gasteiger partial charge is 0.463 e. The number of furan rings is 1. The van der Waals surface area contributed by atoms with E-state index < -0.39 is 18.0 Å². The molecule has 0 amide bonds. The molecule has 1 aliphatic heterocycles. The van der Waals surface area contributed by atoms with Crippen LogP contribution in [0, 0.1) is 0 Å². The monoisotopic (exact) mass is 562 g/mol. The third kappa shape index (κ3) is 5.23. The fraction of sp³-hybridized carbons (Fsp3) is 0.172. The topological polar surface area (TPSA) is 100 Å². The van der Waals surface area contributed by atoms with E-state index in [1.54, 1.807) is 62.4 Å². The lowest BCUT2D eigenvalue weighted by atomic mass is 9.96. The molecule has 0 N–H and O–H groups in total. The molecule has 0 fully saturated rings. The average molecular weight is 563 g/mol. The number of hydrogen-bond donors (Lipinski definition) is 0. The van der Waals surface area contributed by atoms with Crippen molar-refractivity contribution in [2.75, 3.05) is 6.61 Å². The van der Waals surface area contributed by atoms with Crippen molar-refractivity contribution >= 4 is 41.0 Å². The molecule has 10 heteroatoms. The maximum absolute atomic E-state index is 13.8. The molecule has 1 atom stereocenters. The molecule has 0 saturated carbocycles. The van der Waals surface area contributed by atoms with Crippen LogP contribution < -0.4 is 19.6 Å². The van der Waals surface area contributed by atoms with Crippen LogP contribution in [0.5, 0.6) is 5.75 Å². The summed E-state index contributed by atoms with van der Waals surface area (Å²) in [5.41, 5.74) is 1.75. The molecule has 2 aromatic carbocycles. The fourth-order valence-electron chi connectivity index (χ4n) is 4.36. The molecule has 4 aromatic rings. The summed E-state index contributed by atoms with van der Waals surface area (Å²) < 4.78 is 18.3. The Labute approximate surface area is 232 Å². The van der Waals surface area contributed by atoms with Gasteiger partial charge in [-0.25, -0.2) is 9.79 Å². The standard InChI is InChI=1S/C29H23ClN2O6S/c1-4-36-28(35)25-16(2)31-29-32(26(25)18-9-11-19(12-10-18)37-17(3)33)27(34)24(39-29)15-20-13-14-23(38-20)21-7-5-6-8-22(21)30/h5-15,26H,4H2,1-3H3/b24-15+/t26-/m1/s1. The minimum Gasteiger partial charge on any atom is -0.463 e. The van der Waals surface area contributed by atoms with E-state index in [1.807, 2.05) is 18.2 Å². The van der Waals surface area contributed by atoms with E-state index in [2.05, 4.69) is 4.99 Å². The van der Waals surface area contributed by atoms with Gasteiger partial charge < -0.3 is 13.9 Å². The number of carbonyl (C=O) groups is 2. The molecule has 0 radical (unpaired) electrons.